The topological polar surface area (TPSA) is 75.2 Å². The van der Waals surface area contributed by atoms with Gasteiger partial charge in [-0.25, -0.2) is 4.98 Å². The highest BCUT2D eigenvalue weighted by molar-refractivity contribution is 6.07. The van der Waals surface area contributed by atoms with E-state index in [4.69, 9.17) is 14.5 Å². The molecule has 0 bridgehead atoms. The van der Waals surface area contributed by atoms with Gasteiger partial charge in [0.05, 0.1) is 25.8 Å². The van der Waals surface area contributed by atoms with E-state index < -0.39 is 0 Å². The summed E-state index contributed by atoms with van der Waals surface area (Å²) in [6.45, 7) is 5.17. The molecule has 0 radical (unpaired) electrons. The smallest absolute Gasteiger partial charge is 0.254 e. The maximum absolute atomic E-state index is 14.3. The molecule has 0 aliphatic carbocycles. The molecule has 0 spiro atoms. The molecule has 0 unspecified atom stereocenters. The van der Waals surface area contributed by atoms with E-state index in [1.165, 1.54) is 0 Å². The maximum atomic E-state index is 14.3. The molecule has 3 heterocycles. The highest BCUT2D eigenvalue weighted by Crippen LogP contribution is 2.29. The van der Waals surface area contributed by atoms with Crippen LogP contribution < -0.4 is 9.64 Å². The van der Waals surface area contributed by atoms with Crippen molar-refractivity contribution >= 4 is 39.3 Å². The van der Waals surface area contributed by atoms with Gasteiger partial charge in [0, 0.05) is 68.3 Å². The number of carbonyl (C=O) groups excluding carboxylic acids is 2. The van der Waals surface area contributed by atoms with Gasteiger partial charge in [-0.3, -0.25) is 9.59 Å². The van der Waals surface area contributed by atoms with Crippen molar-refractivity contribution in [1.29, 1.82) is 0 Å². The molecular weight excluding hydrogens is 516 g/mol. The molecule has 6 rings (SSSR count). The number of rotatable bonds is 9. The van der Waals surface area contributed by atoms with Gasteiger partial charge in [-0.15, -0.1) is 0 Å². The van der Waals surface area contributed by atoms with Crippen LogP contribution in [0.1, 0.15) is 35.2 Å². The number of pyridine rings is 1. The number of nitrogens with zero attached hydrogens (tertiary/aromatic N) is 4. The molecule has 2 amide bonds. The average Bonchev–Trinajstić information content (AvgIpc) is 3.43. The Hall–Kier alpha value is -4.17. The second-order valence-corrected chi connectivity index (χ2v) is 10.7. The van der Waals surface area contributed by atoms with Gasteiger partial charge in [0.15, 0.2) is 0 Å². The third kappa shape index (κ3) is 5.84. The summed E-state index contributed by atoms with van der Waals surface area (Å²) in [6.07, 6.45) is 2.25. The molecule has 2 aliphatic rings. The second kappa shape index (κ2) is 12.1. The summed E-state index contributed by atoms with van der Waals surface area (Å²) in [7, 11) is 1.66. The fourth-order valence-corrected chi connectivity index (χ4v) is 5.91. The van der Waals surface area contributed by atoms with Crippen molar-refractivity contribution < 1.29 is 19.1 Å². The minimum absolute atomic E-state index is 0.0164. The third-order valence-electron chi connectivity index (χ3n) is 8.09. The molecule has 41 heavy (non-hydrogen) atoms. The molecule has 1 aromatic heterocycles. The van der Waals surface area contributed by atoms with Gasteiger partial charge in [-0.2, -0.15) is 0 Å². The van der Waals surface area contributed by atoms with Gasteiger partial charge >= 0.3 is 0 Å². The zero-order valence-electron chi connectivity index (χ0n) is 23.6. The third-order valence-corrected chi connectivity index (χ3v) is 8.09. The van der Waals surface area contributed by atoms with Crippen LogP contribution in [-0.4, -0.2) is 79.6 Å². The number of amides is 2. The van der Waals surface area contributed by atoms with E-state index in [0.717, 1.165) is 64.9 Å². The molecule has 4 aromatic rings. The number of anilines is 1. The number of morpholine rings is 1. The molecule has 0 atom stereocenters. The number of likely N-dealkylation sites (tertiary alicyclic amines) is 1. The van der Waals surface area contributed by atoms with Crippen molar-refractivity contribution in [3.8, 4) is 5.75 Å². The second-order valence-electron chi connectivity index (χ2n) is 10.7. The quantitative estimate of drug-likeness (QED) is 0.294. The van der Waals surface area contributed by atoms with Crippen LogP contribution in [0.4, 0.5) is 5.82 Å². The highest BCUT2D eigenvalue weighted by atomic mass is 16.5. The van der Waals surface area contributed by atoms with E-state index in [1.807, 2.05) is 70.5 Å². The molecule has 2 fully saturated rings. The van der Waals surface area contributed by atoms with Crippen molar-refractivity contribution in [2.45, 2.75) is 25.8 Å². The summed E-state index contributed by atoms with van der Waals surface area (Å²) >= 11 is 0. The molecule has 2 saturated heterocycles. The number of hydrogen-bond acceptors (Lipinski definition) is 6. The fourth-order valence-electron chi connectivity index (χ4n) is 5.91. The SMILES string of the molecule is COc1ccc2cc(CN(CCCN3CCCC3=O)C(=O)c3cccc4ccccc34)c(N3CCOCC3)nc2c1. The van der Waals surface area contributed by atoms with Crippen molar-refractivity contribution in [2.24, 2.45) is 0 Å². The summed E-state index contributed by atoms with van der Waals surface area (Å²) < 4.78 is 11.1. The minimum Gasteiger partial charge on any atom is -0.497 e. The summed E-state index contributed by atoms with van der Waals surface area (Å²) in [6, 6.07) is 22.0. The Bertz CT molecular complexity index is 1560. The summed E-state index contributed by atoms with van der Waals surface area (Å²) in [5.74, 6) is 1.83. The van der Waals surface area contributed by atoms with E-state index in [9.17, 15) is 9.59 Å². The number of ether oxygens (including phenoxy) is 2. The molecular formula is C33H36N4O4. The van der Waals surface area contributed by atoms with Crippen molar-refractivity contribution in [3.05, 3.63) is 77.9 Å². The van der Waals surface area contributed by atoms with Gasteiger partial charge < -0.3 is 24.2 Å². The number of aromatic nitrogens is 1. The molecule has 0 saturated carbocycles. The van der Waals surface area contributed by atoms with Crippen LogP contribution in [0.2, 0.25) is 0 Å². The Labute approximate surface area is 240 Å². The van der Waals surface area contributed by atoms with Crippen molar-refractivity contribution in [1.82, 2.24) is 14.8 Å². The van der Waals surface area contributed by atoms with Crippen LogP contribution in [0.25, 0.3) is 21.7 Å². The first-order chi connectivity index (χ1) is 20.1. The van der Waals surface area contributed by atoms with E-state index in [2.05, 4.69) is 11.0 Å². The molecule has 3 aromatic carbocycles. The lowest BCUT2D eigenvalue weighted by Crippen LogP contribution is -2.39. The van der Waals surface area contributed by atoms with Gasteiger partial charge in [-0.05, 0) is 47.9 Å². The van der Waals surface area contributed by atoms with E-state index >= 15 is 0 Å². The first-order valence-electron chi connectivity index (χ1n) is 14.5. The first-order valence-corrected chi connectivity index (χ1v) is 14.5. The van der Waals surface area contributed by atoms with Crippen LogP contribution in [0, 0.1) is 0 Å². The van der Waals surface area contributed by atoms with E-state index in [1.54, 1.807) is 7.11 Å². The summed E-state index contributed by atoms with van der Waals surface area (Å²) in [5, 5.41) is 2.98. The van der Waals surface area contributed by atoms with E-state index in [0.29, 0.717) is 51.3 Å². The van der Waals surface area contributed by atoms with Crippen LogP contribution in [0.5, 0.6) is 5.75 Å². The van der Waals surface area contributed by atoms with Gasteiger partial charge in [0.2, 0.25) is 5.91 Å². The van der Waals surface area contributed by atoms with Crippen LogP contribution in [0.15, 0.2) is 66.7 Å². The summed E-state index contributed by atoms with van der Waals surface area (Å²) in [4.78, 5) is 37.7. The molecule has 8 heteroatoms. The van der Waals surface area contributed by atoms with Gasteiger partial charge in [0.1, 0.15) is 11.6 Å². The number of methoxy groups -OCH3 is 1. The van der Waals surface area contributed by atoms with Crippen molar-refractivity contribution in [2.75, 3.05) is 57.9 Å². The number of carbonyl (C=O) groups is 2. The Balaban J connectivity index is 1.36. The van der Waals surface area contributed by atoms with Crippen molar-refractivity contribution in [3.63, 3.8) is 0 Å². The molecule has 8 nitrogen and oxygen atoms in total. The number of hydrogen-bond donors (Lipinski definition) is 0. The first kappa shape index (κ1) is 27.0. The Morgan fingerprint density at radius 3 is 2.63 bits per heavy atom. The normalized spacial score (nSPS) is 15.6. The lowest BCUT2D eigenvalue weighted by atomic mass is 10.0. The lowest BCUT2D eigenvalue weighted by Gasteiger charge is -2.32. The Morgan fingerprint density at radius 2 is 1.83 bits per heavy atom. The zero-order valence-corrected chi connectivity index (χ0v) is 23.6. The Morgan fingerprint density at radius 1 is 1.00 bits per heavy atom. The Kier molecular flexibility index (Phi) is 8.00. The fraction of sp³-hybridized carbons (Fsp3) is 0.364. The maximum Gasteiger partial charge on any atom is 0.254 e. The standard InChI is InChI=1S/C33H36N4O4/c1-40-27-13-12-25-21-26(32(34-30(25)22-27)36-17-19-41-20-18-36)23-37(16-6-15-35-14-5-11-31(35)38)33(39)29-10-4-8-24-7-2-3-9-28(24)29/h2-4,7-10,12-13,21-22H,5-6,11,14-20,23H2,1H3. The predicted molar refractivity (Wildman–Crippen MR) is 160 cm³/mol. The van der Waals surface area contributed by atoms with Gasteiger partial charge in [-0.1, -0.05) is 36.4 Å². The van der Waals surface area contributed by atoms with Crippen LogP contribution >= 0.6 is 0 Å². The average molecular weight is 553 g/mol. The monoisotopic (exact) mass is 552 g/mol. The highest BCUT2D eigenvalue weighted by Gasteiger charge is 2.25. The number of benzene rings is 3. The van der Waals surface area contributed by atoms with Gasteiger partial charge in [0.25, 0.3) is 5.91 Å². The largest absolute Gasteiger partial charge is 0.497 e. The molecule has 0 N–H and O–H groups in total. The van der Waals surface area contributed by atoms with Crippen LogP contribution in [-0.2, 0) is 16.1 Å². The van der Waals surface area contributed by atoms with E-state index in [-0.39, 0.29) is 11.8 Å². The molecule has 212 valence electrons. The zero-order chi connectivity index (χ0) is 28.2. The van der Waals surface area contributed by atoms with Crippen LogP contribution in [0.3, 0.4) is 0 Å². The summed E-state index contributed by atoms with van der Waals surface area (Å²) in [5.41, 5.74) is 2.54. The molecule has 2 aliphatic heterocycles. The minimum atomic E-state index is -0.0164. The predicted octanol–water partition coefficient (Wildman–Crippen LogP) is 4.89. The lowest BCUT2D eigenvalue weighted by molar-refractivity contribution is -0.127. The number of fused-ring (bicyclic) bond motifs is 2.